The summed E-state index contributed by atoms with van der Waals surface area (Å²) in [5.74, 6) is -0.869. The van der Waals surface area contributed by atoms with Crippen LogP contribution >= 0.6 is 0 Å². The minimum absolute atomic E-state index is 0.141. The standard InChI is InChI=1S/C24H21F2NO4/c1-27(14-16-3-12-22(30-2)21(26)13-16)23(28)15-31-20-10-6-18(7-11-20)24(29)17-4-8-19(25)9-5-17/h3-13H,14-15H2,1-2H3. The van der Waals surface area contributed by atoms with Gasteiger partial charge in [0.15, 0.2) is 24.0 Å². The van der Waals surface area contributed by atoms with Gasteiger partial charge in [-0.15, -0.1) is 0 Å². The van der Waals surface area contributed by atoms with E-state index in [0.717, 1.165) is 0 Å². The lowest BCUT2D eigenvalue weighted by molar-refractivity contribution is -0.132. The van der Waals surface area contributed by atoms with Gasteiger partial charge in [0.1, 0.15) is 11.6 Å². The fourth-order valence-corrected chi connectivity index (χ4v) is 2.90. The summed E-state index contributed by atoms with van der Waals surface area (Å²) >= 11 is 0. The van der Waals surface area contributed by atoms with Crippen molar-refractivity contribution in [2.24, 2.45) is 0 Å². The second-order valence-corrected chi connectivity index (χ2v) is 6.87. The topological polar surface area (TPSA) is 55.8 Å². The van der Waals surface area contributed by atoms with Crippen molar-refractivity contribution >= 4 is 11.7 Å². The van der Waals surface area contributed by atoms with Crippen LogP contribution in [0.2, 0.25) is 0 Å². The molecule has 3 aromatic carbocycles. The maximum absolute atomic E-state index is 13.8. The zero-order chi connectivity index (χ0) is 22.4. The Hall–Kier alpha value is -3.74. The van der Waals surface area contributed by atoms with Crippen molar-refractivity contribution in [1.82, 2.24) is 4.90 Å². The Balaban J connectivity index is 1.54. The third kappa shape index (κ3) is 5.66. The van der Waals surface area contributed by atoms with Gasteiger partial charge in [0.2, 0.25) is 0 Å². The highest BCUT2D eigenvalue weighted by molar-refractivity contribution is 6.09. The highest BCUT2D eigenvalue weighted by Crippen LogP contribution is 2.19. The lowest BCUT2D eigenvalue weighted by Crippen LogP contribution is -2.31. The molecule has 0 fully saturated rings. The summed E-state index contributed by atoms with van der Waals surface area (Å²) < 4.78 is 37.2. The summed E-state index contributed by atoms with van der Waals surface area (Å²) in [6.07, 6.45) is 0. The molecule has 7 heteroatoms. The smallest absolute Gasteiger partial charge is 0.260 e. The van der Waals surface area contributed by atoms with Crippen LogP contribution in [0.5, 0.6) is 11.5 Å². The number of carbonyl (C=O) groups is 2. The van der Waals surface area contributed by atoms with Crippen LogP contribution in [0.4, 0.5) is 8.78 Å². The highest BCUT2D eigenvalue weighted by Gasteiger charge is 2.13. The third-order valence-electron chi connectivity index (χ3n) is 4.65. The normalized spacial score (nSPS) is 10.5. The van der Waals surface area contributed by atoms with Crippen molar-refractivity contribution in [2.75, 3.05) is 20.8 Å². The van der Waals surface area contributed by atoms with Gasteiger partial charge >= 0.3 is 0 Å². The Bertz CT molecular complexity index is 1070. The number of ketones is 1. The fraction of sp³-hybridized carbons (Fsp3) is 0.167. The van der Waals surface area contributed by atoms with E-state index in [0.29, 0.717) is 22.4 Å². The molecule has 3 rings (SSSR count). The Morgan fingerprint density at radius 2 is 1.52 bits per heavy atom. The predicted octanol–water partition coefficient (Wildman–Crippen LogP) is 4.24. The van der Waals surface area contributed by atoms with Crippen molar-refractivity contribution in [3.8, 4) is 11.5 Å². The van der Waals surface area contributed by atoms with E-state index in [1.54, 1.807) is 37.4 Å². The van der Waals surface area contributed by atoms with E-state index in [2.05, 4.69) is 0 Å². The number of likely N-dealkylation sites (N-methyl/N-ethyl adjacent to an activating group) is 1. The molecule has 0 atom stereocenters. The minimum Gasteiger partial charge on any atom is -0.494 e. The number of benzene rings is 3. The van der Waals surface area contributed by atoms with E-state index in [1.165, 1.54) is 48.4 Å². The van der Waals surface area contributed by atoms with Crippen LogP contribution < -0.4 is 9.47 Å². The molecule has 1 amide bonds. The monoisotopic (exact) mass is 425 g/mol. The summed E-state index contributed by atoms with van der Waals surface area (Å²) in [6, 6.07) is 16.1. The number of carbonyl (C=O) groups excluding carboxylic acids is 2. The summed E-state index contributed by atoms with van der Waals surface area (Å²) in [5, 5.41) is 0. The van der Waals surface area contributed by atoms with Crippen molar-refractivity contribution in [1.29, 1.82) is 0 Å². The average Bonchev–Trinajstić information content (AvgIpc) is 2.78. The molecular formula is C24H21F2NO4. The summed E-state index contributed by atoms with van der Waals surface area (Å²) in [4.78, 5) is 26.1. The van der Waals surface area contributed by atoms with E-state index in [9.17, 15) is 18.4 Å². The number of ether oxygens (including phenoxy) is 2. The number of amides is 1. The molecule has 0 N–H and O–H groups in total. The third-order valence-corrected chi connectivity index (χ3v) is 4.65. The first-order valence-electron chi connectivity index (χ1n) is 9.47. The number of rotatable bonds is 8. The van der Waals surface area contributed by atoms with Crippen LogP contribution in [0.1, 0.15) is 21.5 Å². The van der Waals surface area contributed by atoms with E-state index >= 15 is 0 Å². The van der Waals surface area contributed by atoms with Crippen LogP contribution in [0.25, 0.3) is 0 Å². The molecule has 0 unspecified atom stereocenters. The van der Waals surface area contributed by atoms with Gasteiger partial charge in [-0.1, -0.05) is 6.07 Å². The Morgan fingerprint density at radius 1 is 0.903 bits per heavy atom. The number of hydrogen-bond acceptors (Lipinski definition) is 4. The molecule has 5 nitrogen and oxygen atoms in total. The largest absolute Gasteiger partial charge is 0.494 e. The van der Waals surface area contributed by atoms with Crippen molar-refractivity contribution in [3.63, 3.8) is 0 Å². The second kappa shape index (κ2) is 9.84. The van der Waals surface area contributed by atoms with Gasteiger partial charge < -0.3 is 14.4 Å². The molecule has 0 aromatic heterocycles. The first-order valence-corrected chi connectivity index (χ1v) is 9.47. The fourth-order valence-electron chi connectivity index (χ4n) is 2.90. The molecule has 0 saturated heterocycles. The van der Waals surface area contributed by atoms with Gasteiger partial charge in [-0.2, -0.15) is 0 Å². The van der Waals surface area contributed by atoms with Gasteiger partial charge in [-0.3, -0.25) is 9.59 Å². The molecule has 0 radical (unpaired) electrons. The number of nitrogens with zero attached hydrogens (tertiary/aromatic N) is 1. The Morgan fingerprint density at radius 3 is 2.10 bits per heavy atom. The summed E-state index contributed by atoms with van der Waals surface area (Å²) in [7, 11) is 2.98. The molecule has 0 aliphatic rings. The van der Waals surface area contributed by atoms with Crippen LogP contribution in [0, 0.1) is 11.6 Å². The van der Waals surface area contributed by atoms with E-state index in [4.69, 9.17) is 9.47 Å². The molecular weight excluding hydrogens is 404 g/mol. The molecule has 3 aromatic rings. The van der Waals surface area contributed by atoms with Crippen molar-refractivity contribution in [3.05, 3.63) is 95.1 Å². The second-order valence-electron chi connectivity index (χ2n) is 6.87. The molecule has 160 valence electrons. The number of methoxy groups -OCH3 is 1. The quantitative estimate of drug-likeness (QED) is 0.507. The van der Waals surface area contributed by atoms with Gasteiger partial charge in [-0.05, 0) is 66.2 Å². The maximum atomic E-state index is 13.8. The van der Waals surface area contributed by atoms with Crippen LogP contribution in [0.3, 0.4) is 0 Å². The molecule has 0 aliphatic carbocycles. The first kappa shape index (κ1) is 22.0. The number of halogens is 2. The molecule has 0 bridgehead atoms. The Labute approximate surface area is 178 Å². The van der Waals surface area contributed by atoms with Crippen molar-refractivity contribution in [2.45, 2.75) is 6.54 Å². The summed E-state index contributed by atoms with van der Waals surface area (Å²) in [6.45, 7) is 0.00854. The van der Waals surface area contributed by atoms with Crippen LogP contribution in [0.15, 0.2) is 66.7 Å². The molecule has 0 heterocycles. The van der Waals surface area contributed by atoms with Crippen molar-refractivity contribution < 1.29 is 27.8 Å². The zero-order valence-electron chi connectivity index (χ0n) is 17.1. The SMILES string of the molecule is COc1ccc(CN(C)C(=O)COc2ccc(C(=O)c3ccc(F)cc3)cc2)cc1F. The van der Waals surface area contributed by atoms with Gasteiger partial charge in [-0.25, -0.2) is 8.78 Å². The average molecular weight is 425 g/mol. The summed E-state index contributed by atoms with van der Waals surface area (Å²) in [5.41, 5.74) is 1.42. The maximum Gasteiger partial charge on any atom is 0.260 e. The van der Waals surface area contributed by atoms with Gasteiger partial charge in [0.05, 0.1) is 7.11 Å². The lowest BCUT2D eigenvalue weighted by atomic mass is 10.0. The lowest BCUT2D eigenvalue weighted by Gasteiger charge is -2.18. The van der Waals surface area contributed by atoms with E-state index in [-0.39, 0.29) is 30.6 Å². The van der Waals surface area contributed by atoms with E-state index < -0.39 is 11.6 Å². The predicted molar refractivity (Wildman–Crippen MR) is 111 cm³/mol. The Kier molecular flexibility index (Phi) is 6.97. The van der Waals surface area contributed by atoms with Gasteiger partial charge in [0, 0.05) is 24.7 Å². The minimum atomic E-state index is -0.493. The number of hydrogen-bond donors (Lipinski definition) is 0. The molecule has 0 aliphatic heterocycles. The molecule has 0 spiro atoms. The molecule has 0 saturated carbocycles. The van der Waals surface area contributed by atoms with Crippen LogP contribution in [-0.2, 0) is 11.3 Å². The highest BCUT2D eigenvalue weighted by atomic mass is 19.1. The zero-order valence-corrected chi connectivity index (χ0v) is 17.1. The van der Waals surface area contributed by atoms with Gasteiger partial charge in [0.25, 0.3) is 5.91 Å². The molecule has 31 heavy (non-hydrogen) atoms. The van der Waals surface area contributed by atoms with E-state index in [1.807, 2.05) is 0 Å². The van der Waals surface area contributed by atoms with Crippen LogP contribution in [-0.4, -0.2) is 37.4 Å². The first-order chi connectivity index (χ1) is 14.9.